The lowest BCUT2D eigenvalue weighted by Crippen LogP contribution is -2.25. The number of hydrogen-bond acceptors (Lipinski definition) is 7. The van der Waals surface area contributed by atoms with Crippen LogP contribution in [0.4, 0.5) is 5.00 Å². The summed E-state index contributed by atoms with van der Waals surface area (Å²) in [5.41, 5.74) is 0. The van der Waals surface area contributed by atoms with Gasteiger partial charge in [-0.3, -0.25) is 10.1 Å². The van der Waals surface area contributed by atoms with Crippen molar-refractivity contribution < 1.29 is 13.3 Å². The number of aromatic nitrogens is 3. The van der Waals surface area contributed by atoms with Gasteiger partial charge in [-0.05, 0) is 19.9 Å². The molecule has 1 N–H and O–H groups in total. The van der Waals surface area contributed by atoms with Crippen molar-refractivity contribution in [3.8, 4) is 0 Å². The van der Waals surface area contributed by atoms with Crippen molar-refractivity contribution in [2.24, 2.45) is 0 Å². The predicted molar refractivity (Wildman–Crippen MR) is 75.4 cm³/mol. The Balaban J connectivity index is 2.25. The van der Waals surface area contributed by atoms with Crippen LogP contribution in [-0.2, 0) is 23.1 Å². The maximum absolute atomic E-state index is 12.2. The molecule has 114 valence electrons. The Morgan fingerprint density at radius 1 is 1.52 bits per heavy atom. The number of nitro groups is 1. The van der Waals surface area contributed by atoms with Crippen molar-refractivity contribution in [2.75, 3.05) is 0 Å². The maximum atomic E-state index is 12.2. The Labute approximate surface area is 124 Å². The molecule has 0 fully saturated rings. The van der Waals surface area contributed by atoms with Crippen molar-refractivity contribution in [1.82, 2.24) is 19.5 Å². The van der Waals surface area contributed by atoms with E-state index in [9.17, 15) is 18.5 Å². The van der Waals surface area contributed by atoms with Gasteiger partial charge < -0.3 is 4.57 Å². The molecular weight excluding hydrogens is 318 g/mol. The minimum Gasteiger partial charge on any atom is -0.317 e. The molecule has 0 radical (unpaired) electrons. The van der Waals surface area contributed by atoms with Crippen LogP contribution in [-0.4, -0.2) is 28.1 Å². The third-order valence-electron chi connectivity index (χ3n) is 2.71. The summed E-state index contributed by atoms with van der Waals surface area (Å²) in [6.45, 7) is 4.00. The monoisotopic (exact) mass is 331 g/mol. The van der Waals surface area contributed by atoms with E-state index in [0.717, 1.165) is 11.3 Å². The summed E-state index contributed by atoms with van der Waals surface area (Å²) in [6, 6.07) is 1.29. The fraction of sp³-hybridized carbons (Fsp3) is 0.400. The minimum absolute atomic E-state index is 0.0811. The average molecular weight is 331 g/mol. The third-order valence-corrected chi connectivity index (χ3v) is 5.26. The Bertz CT molecular complexity index is 764. The summed E-state index contributed by atoms with van der Waals surface area (Å²) >= 11 is 0.829. The fourth-order valence-corrected chi connectivity index (χ4v) is 4.07. The molecule has 0 saturated heterocycles. The first-order valence-electron chi connectivity index (χ1n) is 5.96. The molecule has 11 heteroatoms. The molecule has 0 spiro atoms. The standard InChI is InChI=1S/C10H13N5O4S2/c1-3-14-6-11-13-9(14)5-12-21(18,19)8-4-7(2)20-10(8)15(16)17/h4,6,12H,3,5H2,1-2H3. The van der Waals surface area contributed by atoms with Crippen LogP contribution in [0, 0.1) is 17.0 Å². The maximum Gasteiger partial charge on any atom is 0.344 e. The normalized spacial score (nSPS) is 11.7. The Kier molecular flexibility index (Phi) is 4.34. The van der Waals surface area contributed by atoms with Crippen molar-refractivity contribution >= 4 is 26.4 Å². The number of aryl methyl sites for hydroxylation is 2. The second-order valence-electron chi connectivity index (χ2n) is 4.14. The zero-order chi connectivity index (χ0) is 15.6. The van der Waals surface area contributed by atoms with Crippen molar-refractivity contribution in [3.05, 3.63) is 33.2 Å². The van der Waals surface area contributed by atoms with Gasteiger partial charge in [0.15, 0.2) is 4.90 Å². The summed E-state index contributed by atoms with van der Waals surface area (Å²) in [7, 11) is -3.98. The smallest absolute Gasteiger partial charge is 0.317 e. The molecule has 0 aliphatic heterocycles. The van der Waals surface area contributed by atoms with Gasteiger partial charge in [-0.2, -0.15) is 0 Å². The average Bonchev–Trinajstić information content (AvgIpc) is 3.02. The fourth-order valence-electron chi connectivity index (χ4n) is 1.72. The van der Waals surface area contributed by atoms with E-state index in [1.165, 1.54) is 12.4 Å². The summed E-state index contributed by atoms with van der Waals surface area (Å²) in [6.07, 6.45) is 1.49. The lowest BCUT2D eigenvalue weighted by Gasteiger charge is -2.05. The summed E-state index contributed by atoms with van der Waals surface area (Å²) < 4.78 is 28.4. The van der Waals surface area contributed by atoms with E-state index in [-0.39, 0.29) is 11.4 Å². The Morgan fingerprint density at radius 3 is 2.86 bits per heavy atom. The number of nitrogens with zero attached hydrogens (tertiary/aromatic N) is 4. The zero-order valence-corrected chi connectivity index (χ0v) is 12.9. The molecule has 2 aromatic rings. The zero-order valence-electron chi connectivity index (χ0n) is 11.3. The number of nitrogens with one attached hydrogen (secondary N) is 1. The Hall–Kier alpha value is -1.85. The SMILES string of the molecule is CCn1cnnc1CNS(=O)(=O)c1cc(C)sc1[N+](=O)[O-]. The molecule has 0 unspecified atom stereocenters. The first-order chi connectivity index (χ1) is 9.85. The number of thiophene rings is 1. The summed E-state index contributed by atoms with van der Waals surface area (Å²) in [5, 5.41) is 18.0. The van der Waals surface area contributed by atoms with Crippen LogP contribution in [0.25, 0.3) is 0 Å². The van der Waals surface area contributed by atoms with E-state index in [2.05, 4.69) is 14.9 Å². The minimum atomic E-state index is -3.98. The van der Waals surface area contributed by atoms with E-state index in [1.807, 2.05) is 6.92 Å². The van der Waals surface area contributed by atoms with Crippen LogP contribution >= 0.6 is 11.3 Å². The molecule has 0 bridgehead atoms. The number of sulfonamides is 1. The molecule has 2 heterocycles. The van der Waals surface area contributed by atoms with Gasteiger partial charge in [-0.1, -0.05) is 11.3 Å². The van der Waals surface area contributed by atoms with E-state index in [4.69, 9.17) is 0 Å². The van der Waals surface area contributed by atoms with Crippen LogP contribution < -0.4 is 4.72 Å². The highest BCUT2D eigenvalue weighted by atomic mass is 32.2. The van der Waals surface area contributed by atoms with Gasteiger partial charge in [-0.15, -0.1) is 10.2 Å². The van der Waals surface area contributed by atoms with Crippen molar-refractivity contribution in [1.29, 1.82) is 0 Å². The topological polar surface area (TPSA) is 120 Å². The van der Waals surface area contributed by atoms with E-state index in [1.54, 1.807) is 11.5 Å². The van der Waals surface area contributed by atoms with E-state index >= 15 is 0 Å². The molecule has 2 aromatic heterocycles. The van der Waals surface area contributed by atoms with Crippen LogP contribution in [0.15, 0.2) is 17.3 Å². The lowest BCUT2D eigenvalue weighted by molar-refractivity contribution is -0.383. The first kappa shape index (κ1) is 15.5. The van der Waals surface area contributed by atoms with Gasteiger partial charge in [0.1, 0.15) is 12.2 Å². The molecular formula is C10H13N5O4S2. The highest BCUT2D eigenvalue weighted by molar-refractivity contribution is 7.89. The molecule has 9 nitrogen and oxygen atoms in total. The lowest BCUT2D eigenvalue weighted by atomic mass is 10.5. The quantitative estimate of drug-likeness (QED) is 0.624. The highest BCUT2D eigenvalue weighted by Crippen LogP contribution is 2.33. The largest absolute Gasteiger partial charge is 0.344 e. The summed E-state index contributed by atoms with van der Waals surface area (Å²) in [4.78, 5) is 10.5. The van der Waals surface area contributed by atoms with Gasteiger partial charge in [-0.25, -0.2) is 13.1 Å². The van der Waals surface area contributed by atoms with Crippen LogP contribution in [0.5, 0.6) is 0 Å². The van der Waals surface area contributed by atoms with Crippen LogP contribution in [0.1, 0.15) is 17.6 Å². The van der Waals surface area contributed by atoms with Gasteiger partial charge in [0, 0.05) is 11.4 Å². The third kappa shape index (κ3) is 3.25. The van der Waals surface area contributed by atoms with Gasteiger partial charge in [0.05, 0.1) is 11.5 Å². The number of hydrogen-bond donors (Lipinski definition) is 1. The molecule has 0 aliphatic rings. The van der Waals surface area contributed by atoms with Gasteiger partial charge in [0.2, 0.25) is 10.0 Å². The highest BCUT2D eigenvalue weighted by Gasteiger charge is 2.28. The Morgan fingerprint density at radius 2 is 2.24 bits per heavy atom. The molecule has 0 amide bonds. The molecule has 2 rings (SSSR count). The predicted octanol–water partition coefficient (Wildman–Crippen LogP) is 1.05. The first-order valence-corrected chi connectivity index (χ1v) is 8.26. The van der Waals surface area contributed by atoms with Gasteiger partial charge in [0.25, 0.3) is 0 Å². The second kappa shape index (κ2) is 5.87. The molecule has 0 aromatic carbocycles. The molecule has 0 aliphatic carbocycles. The van der Waals surface area contributed by atoms with E-state index < -0.39 is 19.9 Å². The van der Waals surface area contributed by atoms with Crippen molar-refractivity contribution in [3.63, 3.8) is 0 Å². The van der Waals surface area contributed by atoms with Crippen molar-refractivity contribution in [2.45, 2.75) is 31.8 Å². The molecule has 0 saturated carbocycles. The number of rotatable bonds is 6. The molecule has 0 atom stereocenters. The van der Waals surface area contributed by atoms with Crippen LogP contribution in [0.3, 0.4) is 0 Å². The van der Waals surface area contributed by atoms with Gasteiger partial charge >= 0.3 is 5.00 Å². The molecule has 21 heavy (non-hydrogen) atoms. The van der Waals surface area contributed by atoms with E-state index in [0.29, 0.717) is 17.2 Å². The van der Waals surface area contributed by atoms with Crippen LogP contribution in [0.2, 0.25) is 0 Å². The summed E-state index contributed by atoms with van der Waals surface area (Å²) in [5.74, 6) is 0.440. The second-order valence-corrected chi connectivity index (χ2v) is 7.11.